The Bertz CT molecular complexity index is 818. The number of rotatable bonds is 1. The molecule has 0 amide bonds. The zero-order valence-electron chi connectivity index (χ0n) is 13.1. The van der Waals surface area contributed by atoms with Gasteiger partial charge in [-0.25, -0.2) is 9.37 Å². The van der Waals surface area contributed by atoms with Gasteiger partial charge in [0.1, 0.15) is 5.82 Å². The molecule has 23 heavy (non-hydrogen) atoms. The highest BCUT2D eigenvalue weighted by Crippen LogP contribution is 2.44. The molecule has 5 nitrogen and oxygen atoms in total. The van der Waals surface area contributed by atoms with Crippen molar-refractivity contribution >= 4 is 5.69 Å². The van der Waals surface area contributed by atoms with Crippen LogP contribution in [-0.4, -0.2) is 28.0 Å². The van der Waals surface area contributed by atoms with Crippen LogP contribution in [0.3, 0.4) is 0 Å². The van der Waals surface area contributed by atoms with E-state index in [4.69, 9.17) is 0 Å². The number of aryl methyl sites for hydroxylation is 1. The summed E-state index contributed by atoms with van der Waals surface area (Å²) < 4.78 is 14.1. The number of nitrogens with zero attached hydrogens (tertiary/aromatic N) is 3. The van der Waals surface area contributed by atoms with Crippen molar-refractivity contribution in [3.63, 3.8) is 0 Å². The van der Waals surface area contributed by atoms with Crippen LogP contribution < -0.4 is 10.5 Å². The SMILES string of the molecule is Cc1nc2c(c(=O)[nH]1)CCC21CCCN(c2ccncc2F)C1. The van der Waals surface area contributed by atoms with Crippen molar-refractivity contribution in [2.75, 3.05) is 18.0 Å². The summed E-state index contributed by atoms with van der Waals surface area (Å²) in [7, 11) is 0. The van der Waals surface area contributed by atoms with Gasteiger partial charge in [-0.3, -0.25) is 9.78 Å². The summed E-state index contributed by atoms with van der Waals surface area (Å²) in [5.41, 5.74) is 2.18. The summed E-state index contributed by atoms with van der Waals surface area (Å²) in [5.74, 6) is 0.361. The van der Waals surface area contributed by atoms with Crippen molar-refractivity contribution in [1.82, 2.24) is 15.0 Å². The number of piperidine rings is 1. The third-order valence-corrected chi connectivity index (χ3v) is 5.16. The van der Waals surface area contributed by atoms with E-state index in [0.29, 0.717) is 18.1 Å². The van der Waals surface area contributed by atoms with Crippen LogP contribution in [0, 0.1) is 12.7 Å². The fourth-order valence-corrected chi connectivity index (χ4v) is 4.12. The lowest BCUT2D eigenvalue weighted by Crippen LogP contribution is -2.46. The smallest absolute Gasteiger partial charge is 0.254 e. The summed E-state index contributed by atoms with van der Waals surface area (Å²) in [5, 5.41) is 0. The van der Waals surface area contributed by atoms with Gasteiger partial charge in [0.2, 0.25) is 0 Å². The van der Waals surface area contributed by atoms with Crippen LogP contribution in [0.5, 0.6) is 0 Å². The van der Waals surface area contributed by atoms with Crippen molar-refractivity contribution in [2.45, 2.75) is 38.0 Å². The molecule has 1 spiro atoms. The average Bonchev–Trinajstić information content (AvgIpc) is 2.86. The van der Waals surface area contributed by atoms with Crippen LogP contribution in [0.15, 0.2) is 23.3 Å². The first-order chi connectivity index (χ1) is 11.1. The lowest BCUT2D eigenvalue weighted by molar-refractivity contribution is 0.332. The van der Waals surface area contributed by atoms with Gasteiger partial charge in [-0.05, 0) is 38.7 Å². The van der Waals surface area contributed by atoms with Gasteiger partial charge in [-0.1, -0.05) is 0 Å². The molecule has 0 radical (unpaired) electrons. The number of aromatic nitrogens is 3. The van der Waals surface area contributed by atoms with E-state index < -0.39 is 0 Å². The van der Waals surface area contributed by atoms with Crippen molar-refractivity contribution < 1.29 is 4.39 Å². The molecule has 1 N–H and O–H groups in total. The number of hydrogen-bond acceptors (Lipinski definition) is 4. The Balaban J connectivity index is 1.75. The van der Waals surface area contributed by atoms with Gasteiger partial charge in [0.25, 0.3) is 5.56 Å². The number of aromatic amines is 1. The number of pyridine rings is 1. The zero-order valence-corrected chi connectivity index (χ0v) is 13.1. The Kier molecular flexibility index (Phi) is 3.21. The topological polar surface area (TPSA) is 61.9 Å². The molecule has 4 rings (SSSR count). The highest BCUT2D eigenvalue weighted by atomic mass is 19.1. The standard InChI is InChI=1S/C17H19FN4O/c1-11-20-15-12(16(23)21-11)3-6-17(15)5-2-8-22(10-17)14-4-7-19-9-13(14)18/h4,7,9H,2-3,5-6,8,10H2,1H3,(H,20,21,23). The Morgan fingerprint density at radius 2 is 2.26 bits per heavy atom. The second-order valence-electron chi connectivity index (χ2n) is 6.61. The van der Waals surface area contributed by atoms with Crippen LogP contribution in [0.25, 0.3) is 0 Å². The Morgan fingerprint density at radius 1 is 1.39 bits per heavy atom. The van der Waals surface area contributed by atoms with Gasteiger partial charge in [0.15, 0.2) is 5.82 Å². The van der Waals surface area contributed by atoms with Crippen molar-refractivity contribution in [3.8, 4) is 0 Å². The number of halogens is 1. The molecule has 0 bridgehead atoms. The van der Waals surface area contributed by atoms with E-state index in [1.165, 1.54) is 6.20 Å². The van der Waals surface area contributed by atoms with Crippen LogP contribution in [0.4, 0.5) is 10.1 Å². The first-order valence-corrected chi connectivity index (χ1v) is 8.04. The lowest BCUT2D eigenvalue weighted by Gasteiger charge is -2.41. The number of anilines is 1. The zero-order chi connectivity index (χ0) is 16.0. The maximum absolute atomic E-state index is 14.1. The number of hydrogen-bond donors (Lipinski definition) is 1. The Morgan fingerprint density at radius 3 is 3.09 bits per heavy atom. The van der Waals surface area contributed by atoms with E-state index in [9.17, 15) is 9.18 Å². The third-order valence-electron chi connectivity index (χ3n) is 5.16. The minimum atomic E-state index is -0.294. The minimum absolute atomic E-state index is 0.0170. The lowest BCUT2D eigenvalue weighted by atomic mass is 9.77. The van der Waals surface area contributed by atoms with Crippen molar-refractivity contribution in [1.29, 1.82) is 0 Å². The predicted octanol–water partition coefficient (Wildman–Crippen LogP) is 2.10. The van der Waals surface area contributed by atoms with Crippen LogP contribution >= 0.6 is 0 Å². The molecule has 2 aliphatic rings. The Hall–Kier alpha value is -2.24. The highest BCUT2D eigenvalue weighted by molar-refractivity contribution is 5.49. The van der Waals surface area contributed by atoms with E-state index in [0.717, 1.165) is 43.5 Å². The fourth-order valence-electron chi connectivity index (χ4n) is 4.12. The van der Waals surface area contributed by atoms with Gasteiger partial charge in [-0.2, -0.15) is 0 Å². The minimum Gasteiger partial charge on any atom is -0.368 e. The molecule has 0 saturated carbocycles. The molecule has 1 aliphatic heterocycles. The average molecular weight is 314 g/mol. The molecular weight excluding hydrogens is 295 g/mol. The normalized spacial score (nSPS) is 23.3. The largest absolute Gasteiger partial charge is 0.368 e. The Labute approximate surface area is 133 Å². The van der Waals surface area contributed by atoms with Gasteiger partial charge in [0.05, 0.1) is 17.6 Å². The maximum Gasteiger partial charge on any atom is 0.254 e. The van der Waals surface area contributed by atoms with Gasteiger partial charge in [0, 0.05) is 30.3 Å². The predicted molar refractivity (Wildman–Crippen MR) is 85.2 cm³/mol. The first-order valence-electron chi connectivity index (χ1n) is 8.04. The van der Waals surface area contributed by atoms with E-state index >= 15 is 0 Å². The van der Waals surface area contributed by atoms with E-state index in [-0.39, 0.29) is 16.8 Å². The third kappa shape index (κ3) is 2.24. The summed E-state index contributed by atoms with van der Waals surface area (Å²) >= 11 is 0. The summed E-state index contributed by atoms with van der Waals surface area (Å²) in [6, 6.07) is 1.72. The maximum atomic E-state index is 14.1. The number of H-pyrrole nitrogens is 1. The number of nitrogens with one attached hydrogen (secondary N) is 1. The molecule has 6 heteroatoms. The van der Waals surface area contributed by atoms with Crippen LogP contribution in [-0.2, 0) is 11.8 Å². The van der Waals surface area contributed by atoms with E-state index in [1.54, 1.807) is 12.3 Å². The molecule has 0 aromatic carbocycles. The molecular formula is C17H19FN4O. The fraction of sp³-hybridized carbons (Fsp3) is 0.471. The molecule has 1 atom stereocenters. The summed E-state index contributed by atoms with van der Waals surface area (Å²) in [4.78, 5) is 25.5. The van der Waals surface area contributed by atoms with E-state index in [1.807, 2.05) is 6.92 Å². The quantitative estimate of drug-likeness (QED) is 0.875. The number of fused-ring (bicyclic) bond motifs is 2. The van der Waals surface area contributed by atoms with Gasteiger partial charge in [-0.15, -0.1) is 0 Å². The van der Waals surface area contributed by atoms with E-state index in [2.05, 4.69) is 19.9 Å². The van der Waals surface area contributed by atoms with Gasteiger partial charge < -0.3 is 9.88 Å². The molecule has 1 fully saturated rings. The summed E-state index contributed by atoms with van der Waals surface area (Å²) in [6.45, 7) is 3.34. The van der Waals surface area contributed by atoms with Crippen LogP contribution in [0.1, 0.15) is 36.3 Å². The molecule has 2 aromatic heterocycles. The second-order valence-corrected chi connectivity index (χ2v) is 6.61. The van der Waals surface area contributed by atoms with Crippen LogP contribution in [0.2, 0.25) is 0 Å². The molecule has 1 saturated heterocycles. The van der Waals surface area contributed by atoms with Gasteiger partial charge >= 0.3 is 0 Å². The van der Waals surface area contributed by atoms with Crippen molar-refractivity contribution in [3.05, 3.63) is 51.7 Å². The molecule has 1 unspecified atom stereocenters. The summed E-state index contributed by atoms with van der Waals surface area (Å²) in [6.07, 6.45) is 6.51. The molecule has 1 aliphatic carbocycles. The van der Waals surface area contributed by atoms with Crippen molar-refractivity contribution in [2.24, 2.45) is 0 Å². The molecule has 2 aromatic rings. The highest BCUT2D eigenvalue weighted by Gasteiger charge is 2.44. The molecule has 3 heterocycles. The second kappa shape index (κ2) is 5.15. The monoisotopic (exact) mass is 314 g/mol. The molecule has 120 valence electrons. The first kappa shape index (κ1) is 14.4.